The van der Waals surface area contributed by atoms with Crippen LogP contribution in [-0.4, -0.2) is 20.9 Å². The van der Waals surface area contributed by atoms with Crippen LogP contribution in [0.5, 0.6) is 5.75 Å². The van der Waals surface area contributed by atoms with Crippen molar-refractivity contribution in [2.75, 3.05) is 10.9 Å². The fourth-order valence-corrected chi connectivity index (χ4v) is 4.99. The molecule has 0 aliphatic heterocycles. The molecule has 7 heteroatoms. The number of benzene rings is 3. The van der Waals surface area contributed by atoms with E-state index < -0.39 is 15.9 Å². The summed E-state index contributed by atoms with van der Waals surface area (Å²) >= 11 is 3.45. The Morgan fingerprint density at radius 3 is 2.23 bits per heavy atom. The van der Waals surface area contributed by atoms with Crippen molar-refractivity contribution >= 4 is 37.5 Å². The van der Waals surface area contributed by atoms with Gasteiger partial charge in [-0.1, -0.05) is 42.5 Å². The normalized spacial score (nSPS) is 11.1. The number of nitrogens with zero attached hydrogens (tertiary/aromatic N) is 1. The smallest absolute Gasteiger partial charge is 0.270 e. The first-order valence-corrected chi connectivity index (χ1v) is 11.7. The van der Waals surface area contributed by atoms with Gasteiger partial charge >= 0.3 is 0 Å². The monoisotopic (exact) mass is 487 g/mol. The molecule has 0 fully saturated rings. The maximum atomic E-state index is 13.2. The van der Waals surface area contributed by atoms with E-state index in [2.05, 4.69) is 15.9 Å². The Balaban J connectivity index is 1.73. The molecular weight excluding hydrogens is 466 g/mol. The first-order valence-electron chi connectivity index (χ1n) is 9.47. The third-order valence-corrected chi connectivity index (χ3v) is 6.76. The largest absolute Gasteiger partial charge is 0.492 e. The van der Waals surface area contributed by atoms with Gasteiger partial charge in [0.25, 0.3) is 10.0 Å². The number of ether oxygens (including phenoxy) is 1. The second kappa shape index (κ2) is 9.91. The van der Waals surface area contributed by atoms with Gasteiger partial charge in [0.1, 0.15) is 5.75 Å². The number of sulfonamides is 1. The minimum atomic E-state index is -4.02. The lowest BCUT2D eigenvalue weighted by molar-refractivity contribution is -0.117. The summed E-state index contributed by atoms with van der Waals surface area (Å²) in [5.74, 6) is 0.182. The lowest BCUT2D eigenvalue weighted by atomic mass is 10.2. The highest BCUT2D eigenvalue weighted by atomic mass is 79.9. The summed E-state index contributed by atoms with van der Waals surface area (Å²) in [5.41, 5.74) is 1.42. The fourth-order valence-electron chi connectivity index (χ4n) is 2.91. The molecule has 0 atom stereocenters. The van der Waals surface area contributed by atoms with Crippen LogP contribution < -0.4 is 9.04 Å². The summed E-state index contributed by atoms with van der Waals surface area (Å²) in [6, 6.07) is 22.1. The molecule has 0 bridgehead atoms. The molecule has 0 radical (unpaired) electrons. The molecule has 0 N–H and O–H groups in total. The summed E-state index contributed by atoms with van der Waals surface area (Å²) < 4.78 is 33.8. The van der Waals surface area contributed by atoms with E-state index in [1.54, 1.807) is 48.5 Å². The van der Waals surface area contributed by atoms with Crippen molar-refractivity contribution in [2.24, 2.45) is 0 Å². The number of carbonyl (C=O) groups excluding carboxylic acids is 1. The van der Waals surface area contributed by atoms with Crippen molar-refractivity contribution in [3.05, 3.63) is 88.9 Å². The van der Waals surface area contributed by atoms with E-state index in [1.807, 2.05) is 25.1 Å². The highest BCUT2D eigenvalue weighted by Gasteiger charge is 2.30. The summed E-state index contributed by atoms with van der Waals surface area (Å²) in [5, 5.41) is 0. The Bertz CT molecular complexity index is 1100. The molecule has 1 amide bonds. The standard InChI is InChI=1S/C23H22BrNO4S/c1-18-14-15-22(21(24)17-18)29-16-8-13-23(26)25(19-9-4-2-5-10-19)30(27,28)20-11-6-3-7-12-20/h2-7,9-12,14-15,17H,8,13,16H2,1H3. The average molecular weight is 488 g/mol. The first kappa shape index (κ1) is 22.1. The van der Waals surface area contributed by atoms with Gasteiger partial charge in [0.15, 0.2) is 0 Å². The van der Waals surface area contributed by atoms with Gasteiger partial charge in [-0.2, -0.15) is 0 Å². The lowest BCUT2D eigenvalue weighted by Crippen LogP contribution is -2.37. The number of carbonyl (C=O) groups is 1. The van der Waals surface area contributed by atoms with E-state index >= 15 is 0 Å². The molecule has 5 nitrogen and oxygen atoms in total. The van der Waals surface area contributed by atoms with Crippen molar-refractivity contribution in [1.82, 2.24) is 0 Å². The van der Waals surface area contributed by atoms with Crippen molar-refractivity contribution < 1.29 is 17.9 Å². The average Bonchev–Trinajstić information content (AvgIpc) is 2.74. The Kier molecular flexibility index (Phi) is 7.29. The molecular formula is C23H22BrNO4S. The number of halogens is 1. The fraction of sp³-hybridized carbons (Fsp3) is 0.174. The van der Waals surface area contributed by atoms with Crippen molar-refractivity contribution in [2.45, 2.75) is 24.7 Å². The molecule has 0 saturated heterocycles. The van der Waals surface area contributed by atoms with Crippen LogP contribution in [0.15, 0.2) is 88.2 Å². The summed E-state index contributed by atoms with van der Waals surface area (Å²) in [7, 11) is -4.02. The number of amides is 1. The highest BCUT2D eigenvalue weighted by Crippen LogP contribution is 2.27. The zero-order valence-electron chi connectivity index (χ0n) is 16.5. The predicted molar refractivity (Wildman–Crippen MR) is 121 cm³/mol. The van der Waals surface area contributed by atoms with E-state index in [0.717, 1.165) is 14.3 Å². The molecule has 0 aromatic heterocycles. The number of anilines is 1. The van der Waals surface area contributed by atoms with Crippen molar-refractivity contribution in [3.8, 4) is 5.75 Å². The zero-order valence-corrected chi connectivity index (χ0v) is 18.9. The molecule has 30 heavy (non-hydrogen) atoms. The Morgan fingerprint density at radius 2 is 1.60 bits per heavy atom. The third-order valence-electron chi connectivity index (χ3n) is 4.38. The van der Waals surface area contributed by atoms with Crippen LogP contribution >= 0.6 is 15.9 Å². The number of para-hydroxylation sites is 1. The van der Waals surface area contributed by atoms with Crippen LogP contribution in [0, 0.1) is 6.92 Å². The second-order valence-corrected chi connectivity index (χ2v) is 9.34. The van der Waals surface area contributed by atoms with Crippen LogP contribution in [0.25, 0.3) is 0 Å². The van der Waals surface area contributed by atoms with Crippen molar-refractivity contribution in [3.63, 3.8) is 0 Å². The molecule has 3 aromatic carbocycles. The van der Waals surface area contributed by atoms with Gasteiger partial charge in [-0.25, -0.2) is 12.7 Å². The van der Waals surface area contributed by atoms with E-state index in [4.69, 9.17) is 4.74 Å². The Hall–Kier alpha value is -2.64. The van der Waals surface area contributed by atoms with Gasteiger partial charge in [0.05, 0.1) is 21.7 Å². The van der Waals surface area contributed by atoms with Gasteiger partial charge in [0, 0.05) is 6.42 Å². The number of hydrogen-bond acceptors (Lipinski definition) is 4. The molecule has 0 heterocycles. The van der Waals surface area contributed by atoms with Crippen LogP contribution in [0.2, 0.25) is 0 Å². The van der Waals surface area contributed by atoms with Gasteiger partial charge < -0.3 is 4.74 Å². The van der Waals surface area contributed by atoms with E-state index in [9.17, 15) is 13.2 Å². The van der Waals surface area contributed by atoms with Crippen molar-refractivity contribution in [1.29, 1.82) is 0 Å². The lowest BCUT2D eigenvalue weighted by Gasteiger charge is -2.22. The van der Waals surface area contributed by atoms with Gasteiger partial charge in [-0.15, -0.1) is 0 Å². The summed E-state index contributed by atoms with van der Waals surface area (Å²) in [6.07, 6.45) is 0.414. The molecule has 0 spiro atoms. The van der Waals surface area contributed by atoms with E-state index in [0.29, 0.717) is 24.5 Å². The Labute approximate surface area is 185 Å². The Morgan fingerprint density at radius 1 is 0.967 bits per heavy atom. The molecule has 0 aliphatic rings. The molecule has 156 valence electrons. The molecule has 0 aliphatic carbocycles. The number of hydrogen-bond donors (Lipinski definition) is 0. The number of rotatable bonds is 8. The highest BCUT2D eigenvalue weighted by molar-refractivity contribution is 9.10. The third kappa shape index (κ3) is 5.29. The topological polar surface area (TPSA) is 63.7 Å². The van der Waals surface area contributed by atoms with Crippen LogP contribution in [0.3, 0.4) is 0 Å². The number of aryl methyl sites for hydroxylation is 1. The SMILES string of the molecule is Cc1ccc(OCCCC(=O)N(c2ccccc2)S(=O)(=O)c2ccccc2)c(Br)c1. The minimum absolute atomic E-state index is 0.0322. The van der Waals surface area contributed by atoms with E-state index in [1.165, 1.54) is 12.1 Å². The maximum Gasteiger partial charge on any atom is 0.270 e. The van der Waals surface area contributed by atoms with Crippen LogP contribution in [0.1, 0.15) is 18.4 Å². The van der Waals surface area contributed by atoms with Crippen LogP contribution in [-0.2, 0) is 14.8 Å². The molecule has 3 rings (SSSR count). The van der Waals surface area contributed by atoms with E-state index in [-0.39, 0.29) is 11.3 Å². The van der Waals surface area contributed by atoms with Gasteiger partial charge in [-0.05, 0) is 71.2 Å². The maximum absolute atomic E-state index is 13.2. The zero-order chi connectivity index (χ0) is 21.6. The molecule has 3 aromatic rings. The molecule has 0 unspecified atom stereocenters. The molecule has 0 saturated carbocycles. The predicted octanol–water partition coefficient (Wildman–Crippen LogP) is 5.34. The second-order valence-electron chi connectivity index (χ2n) is 6.70. The van der Waals surface area contributed by atoms with Gasteiger partial charge in [-0.3, -0.25) is 4.79 Å². The first-order chi connectivity index (χ1) is 14.4. The van der Waals surface area contributed by atoms with Gasteiger partial charge in [0.2, 0.25) is 5.91 Å². The van der Waals surface area contributed by atoms with Crippen LogP contribution in [0.4, 0.5) is 5.69 Å². The summed E-state index contributed by atoms with van der Waals surface area (Å²) in [4.78, 5) is 13.0. The minimum Gasteiger partial charge on any atom is -0.492 e. The summed E-state index contributed by atoms with van der Waals surface area (Å²) in [6.45, 7) is 2.28. The quantitative estimate of drug-likeness (QED) is 0.402.